The number of ether oxygens (including phenoxy) is 1. The SMILES string of the molecule is CC(C)(C)OC(=O)CCN(Cc1cccs1)c1nc2c(s1)=CC1=CC=CCC=21. The van der Waals surface area contributed by atoms with E-state index in [1.165, 1.54) is 20.6 Å². The van der Waals surface area contributed by atoms with Crippen LogP contribution in [0.2, 0.25) is 0 Å². The smallest absolute Gasteiger partial charge is 0.308 e. The Bertz CT molecular complexity index is 1050. The fraction of sp³-hybridized carbons (Fsp3) is 0.364. The second-order valence-electron chi connectivity index (χ2n) is 7.92. The van der Waals surface area contributed by atoms with E-state index >= 15 is 0 Å². The summed E-state index contributed by atoms with van der Waals surface area (Å²) in [6.07, 6.45) is 9.94. The van der Waals surface area contributed by atoms with Crippen molar-refractivity contribution in [2.24, 2.45) is 0 Å². The number of hydrogen-bond acceptors (Lipinski definition) is 6. The van der Waals surface area contributed by atoms with Gasteiger partial charge in [-0.2, -0.15) is 0 Å². The van der Waals surface area contributed by atoms with Gasteiger partial charge < -0.3 is 9.64 Å². The molecule has 146 valence electrons. The van der Waals surface area contributed by atoms with Gasteiger partial charge in [0, 0.05) is 11.4 Å². The van der Waals surface area contributed by atoms with Gasteiger partial charge in [0.05, 0.1) is 22.8 Å². The summed E-state index contributed by atoms with van der Waals surface area (Å²) in [5, 5.41) is 4.15. The number of esters is 1. The molecule has 2 aromatic rings. The predicted molar refractivity (Wildman–Crippen MR) is 117 cm³/mol. The molecule has 0 radical (unpaired) electrons. The summed E-state index contributed by atoms with van der Waals surface area (Å²) in [6.45, 7) is 7.05. The Morgan fingerprint density at radius 1 is 1.36 bits per heavy atom. The van der Waals surface area contributed by atoms with Gasteiger partial charge in [-0.05, 0) is 55.9 Å². The Morgan fingerprint density at radius 3 is 2.96 bits per heavy atom. The summed E-state index contributed by atoms with van der Waals surface area (Å²) in [6, 6.07) is 4.18. The number of hydrogen-bond donors (Lipinski definition) is 0. The van der Waals surface area contributed by atoms with Gasteiger partial charge in [0.1, 0.15) is 5.60 Å². The van der Waals surface area contributed by atoms with Crippen molar-refractivity contribution in [3.05, 3.63) is 56.1 Å². The van der Waals surface area contributed by atoms with E-state index in [0.29, 0.717) is 13.0 Å². The number of rotatable bonds is 6. The van der Waals surface area contributed by atoms with Gasteiger partial charge in [-0.15, -0.1) is 11.3 Å². The Kier molecular flexibility index (Phi) is 5.25. The fourth-order valence-electron chi connectivity index (χ4n) is 3.31. The van der Waals surface area contributed by atoms with E-state index in [1.54, 1.807) is 22.7 Å². The van der Waals surface area contributed by atoms with Crippen molar-refractivity contribution >= 4 is 45.4 Å². The zero-order valence-corrected chi connectivity index (χ0v) is 18.0. The molecular weight excluding hydrogens is 388 g/mol. The average molecular weight is 413 g/mol. The quantitative estimate of drug-likeness (QED) is 0.678. The van der Waals surface area contributed by atoms with E-state index in [0.717, 1.165) is 23.4 Å². The lowest BCUT2D eigenvalue weighted by Gasteiger charge is -2.23. The topological polar surface area (TPSA) is 42.4 Å². The van der Waals surface area contributed by atoms with Crippen LogP contribution in [0.3, 0.4) is 0 Å². The van der Waals surface area contributed by atoms with E-state index in [2.05, 4.69) is 46.7 Å². The lowest BCUT2D eigenvalue weighted by Crippen LogP contribution is -2.29. The highest BCUT2D eigenvalue weighted by Gasteiger charge is 2.21. The molecule has 0 saturated carbocycles. The molecule has 0 amide bonds. The van der Waals surface area contributed by atoms with Crippen LogP contribution in [0.5, 0.6) is 0 Å². The predicted octanol–water partition coefficient (Wildman–Crippen LogP) is 3.77. The lowest BCUT2D eigenvalue weighted by atomic mass is 10.0. The van der Waals surface area contributed by atoms with E-state index in [1.807, 2.05) is 20.8 Å². The van der Waals surface area contributed by atoms with Gasteiger partial charge >= 0.3 is 5.97 Å². The van der Waals surface area contributed by atoms with Crippen molar-refractivity contribution in [2.75, 3.05) is 11.4 Å². The molecule has 0 saturated heterocycles. The van der Waals surface area contributed by atoms with E-state index in [-0.39, 0.29) is 5.97 Å². The second-order valence-corrected chi connectivity index (χ2v) is 9.97. The van der Waals surface area contributed by atoms with Crippen LogP contribution in [0.25, 0.3) is 11.6 Å². The Balaban J connectivity index is 1.57. The second kappa shape index (κ2) is 7.68. The monoisotopic (exact) mass is 412 g/mol. The van der Waals surface area contributed by atoms with Gasteiger partial charge in [0.2, 0.25) is 0 Å². The number of fused-ring (bicyclic) bond motifs is 2. The molecule has 0 N–H and O–H groups in total. The van der Waals surface area contributed by atoms with Crippen molar-refractivity contribution in [2.45, 2.75) is 45.8 Å². The molecule has 6 heteroatoms. The highest BCUT2D eigenvalue weighted by atomic mass is 32.1. The van der Waals surface area contributed by atoms with Crippen LogP contribution in [-0.2, 0) is 16.1 Å². The Morgan fingerprint density at radius 2 is 2.21 bits per heavy atom. The van der Waals surface area contributed by atoms with Crippen LogP contribution in [-0.4, -0.2) is 23.1 Å². The molecule has 0 atom stereocenters. The van der Waals surface area contributed by atoms with E-state index in [9.17, 15) is 4.79 Å². The number of carbonyl (C=O) groups excluding carboxylic acids is 1. The molecule has 4 rings (SSSR count). The minimum atomic E-state index is -0.457. The largest absolute Gasteiger partial charge is 0.460 e. The maximum Gasteiger partial charge on any atom is 0.308 e. The Hall–Kier alpha value is -2.18. The number of allylic oxidation sites excluding steroid dienone is 4. The Labute approximate surface area is 173 Å². The number of aromatic nitrogens is 1. The van der Waals surface area contributed by atoms with Crippen LogP contribution in [0, 0.1) is 0 Å². The summed E-state index contributed by atoms with van der Waals surface area (Å²) >= 11 is 3.43. The maximum absolute atomic E-state index is 12.2. The molecule has 2 heterocycles. The van der Waals surface area contributed by atoms with Crippen molar-refractivity contribution in [3.8, 4) is 0 Å². The number of nitrogens with zero attached hydrogens (tertiary/aromatic N) is 2. The summed E-state index contributed by atoms with van der Waals surface area (Å²) in [5.74, 6) is -0.170. The summed E-state index contributed by atoms with van der Waals surface area (Å²) in [5.41, 5.74) is 2.13. The number of carbonyl (C=O) groups is 1. The zero-order chi connectivity index (χ0) is 19.7. The van der Waals surface area contributed by atoms with Gasteiger partial charge in [0.15, 0.2) is 5.13 Å². The van der Waals surface area contributed by atoms with E-state index < -0.39 is 5.60 Å². The van der Waals surface area contributed by atoms with Gasteiger partial charge in [-0.3, -0.25) is 4.79 Å². The number of anilines is 1. The first-order valence-corrected chi connectivity index (χ1v) is 11.2. The van der Waals surface area contributed by atoms with Crippen LogP contribution in [0.1, 0.15) is 38.5 Å². The van der Waals surface area contributed by atoms with Crippen molar-refractivity contribution in [1.29, 1.82) is 0 Å². The van der Waals surface area contributed by atoms with Crippen LogP contribution < -0.4 is 14.8 Å². The number of thiazole rings is 1. The van der Waals surface area contributed by atoms with Gasteiger partial charge in [-0.1, -0.05) is 35.6 Å². The average Bonchev–Trinajstić information content (AvgIpc) is 3.32. The summed E-state index contributed by atoms with van der Waals surface area (Å²) in [7, 11) is 0. The third kappa shape index (κ3) is 4.28. The molecule has 0 aliphatic heterocycles. The third-order valence-corrected chi connectivity index (χ3v) is 6.42. The molecule has 0 aromatic carbocycles. The molecule has 4 nitrogen and oxygen atoms in total. The first kappa shape index (κ1) is 19.2. The molecule has 0 unspecified atom stereocenters. The molecule has 0 bridgehead atoms. The molecular formula is C22H24N2O2S2. The molecule has 2 aliphatic carbocycles. The van der Waals surface area contributed by atoms with Crippen molar-refractivity contribution < 1.29 is 9.53 Å². The molecule has 0 spiro atoms. The molecule has 2 aromatic heterocycles. The standard InChI is InChI=1S/C22H24N2O2S2/c1-22(2,3)26-19(25)10-11-24(14-16-8-6-12-27-16)21-23-20-17-9-5-4-7-15(17)13-18(20)28-21/h4-8,12-13H,9-11,14H2,1-3H3. The maximum atomic E-state index is 12.2. The normalized spacial score (nSPS) is 15.0. The van der Waals surface area contributed by atoms with Gasteiger partial charge in [-0.25, -0.2) is 4.98 Å². The third-order valence-electron chi connectivity index (χ3n) is 4.50. The lowest BCUT2D eigenvalue weighted by molar-refractivity contribution is -0.154. The van der Waals surface area contributed by atoms with Crippen LogP contribution in [0.15, 0.2) is 41.3 Å². The zero-order valence-electron chi connectivity index (χ0n) is 16.4. The van der Waals surface area contributed by atoms with Crippen molar-refractivity contribution in [1.82, 2.24) is 4.98 Å². The first-order valence-electron chi connectivity index (χ1n) is 9.47. The molecule has 28 heavy (non-hydrogen) atoms. The highest BCUT2D eigenvalue weighted by molar-refractivity contribution is 7.13. The van der Waals surface area contributed by atoms with Crippen LogP contribution in [0.4, 0.5) is 5.13 Å². The highest BCUT2D eigenvalue weighted by Crippen LogP contribution is 2.26. The molecule has 0 fully saturated rings. The summed E-state index contributed by atoms with van der Waals surface area (Å²) in [4.78, 5) is 20.7. The fourth-order valence-corrected chi connectivity index (χ4v) is 5.10. The minimum absolute atomic E-state index is 0.170. The minimum Gasteiger partial charge on any atom is -0.460 e. The van der Waals surface area contributed by atoms with E-state index in [4.69, 9.17) is 9.72 Å². The first-order chi connectivity index (χ1) is 13.4. The van der Waals surface area contributed by atoms with Crippen LogP contribution >= 0.6 is 22.7 Å². The summed E-state index contributed by atoms with van der Waals surface area (Å²) < 4.78 is 6.70. The van der Waals surface area contributed by atoms with Gasteiger partial charge in [0.25, 0.3) is 0 Å². The van der Waals surface area contributed by atoms with Crippen molar-refractivity contribution in [3.63, 3.8) is 0 Å². The number of thiophene rings is 1. The molecule has 2 aliphatic rings.